The van der Waals surface area contributed by atoms with E-state index in [9.17, 15) is 28.8 Å². The molecule has 33 nitrogen and oxygen atoms in total. The maximum Gasteiger partial charge on any atom is 0.274 e. The quantitative estimate of drug-likeness (QED) is 0.0136. The fourth-order valence-corrected chi connectivity index (χ4v) is 7.93. The molecule has 33 heteroatoms. The minimum absolute atomic E-state index is 0.0381. The van der Waals surface area contributed by atoms with Crippen molar-refractivity contribution in [3.63, 3.8) is 0 Å². The molecule has 1 aromatic heterocycles. The zero-order chi connectivity index (χ0) is 65.7. The van der Waals surface area contributed by atoms with Crippen LogP contribution in [-0.4, -0.2) is 206 Å². The van der Waals surface area contributed by atoms with Gasteiger partial charge in [0.2, 0.25) is 11.8 Å². The lowest BCUT2D eigenvalue weighted by Crippen LogP contribution is -2.43. The van der Waals surface area contributed by atoms with Crippen LogP contribution in [0.2, 0.25) is 0 Å². The second-order valence-electron chi connectivity index (χ2n) is 20.4. The Labute approximate surface area is 517 Å². The average Bonchev–Trinajstić information content (AvgIpc) is 3.65. The number of unbranched alkanes of at least 4 members (excludes halogenated alkanes) is 1. The number of aromatic nitrogens is 2. The van der Waals surface area contributed by atoms with E-state index < -0.39 is 64.5 Å². The maximum absolute atomic E-state index is 14.0. The minimum Gasteiger partial charge on any atom is -0.382 e. The molecule has 0 bridgehead atoms. The van der Waals surface area contributed by atoms with Crippen molar-refractivity contribution in [1.29, 1.82) is 0 Å². The van der Waals surface area contributed by atoms with Crippen molar-refractivity contribution in [1.82, 2.24) is 25.9 Å². The molecule has 0 saturated heterocycles. The Kier molecular flexibility index (Phi) is 48.6. The van der Waals surface area contributed by atoms with Crippen LogP contribution in [0.15, 0.2) is 20.0 Å². The van der Waals surface area contributed by atoms with Gasteiger partial charge in [0.05, 0.1) is 58.9 Å². The van der Waals surface area contributed by atoms with Gasteiger partial charge in [-0.3, -0.25) is 43.9 Å². The molecule has 1 rings (SSSR count). The number of carbonyl (C=O) groups is 6. The Hall–Kier alpha value is -7.14. The fraction of sp³-hybridized carbons (Fsp3) is 0.745. The van der Waals surface area contributed by atoms with Crippen LogP contribution in [0.25, 0.3) is 0 Å². The predicted octanol–water partition coefficient (Wildman–Crippen LogP) is -2.73. The van der Waals surface area contributed by atoms with Gasteiger partial charge in [0.15, 0.2) is 58.4 Å². The van der Waals surface area contributed by atoms with E-state index in [2.05, 4.69) is 45.9 Å². The second-order valence-corrected chi connectivity index (χ2v) is 20.4. The van der Waals surface area contributed by atoms with Crippen molar-refractivity contribution in [2.75, 3.05) is 137 Å². The molecule has 0 fully saturated rings. The number of anilines is 2. The average molecular weight is 1250 g/mol. The first kappa shape index (κ1) is 80.9. The van der Waals surface area contributed by atoms with Crippen molar-refractivity contribution < 1.29 is 57.2 Å². The number of hydrogen-bond acceptors (Lipinski definition) is 22. The van der Waals surface area contributed by atoms with Gasteiger partial charge in [-0.05, 0) is 110 Å². The van der Waals surface area contributed by atoms with E-state index >= 15 is 0 Å². The highest BCUT2D eigenvalue weighted by atomic mass is 16.5. The number of rotatable bonds is 54. The number of carbonyl (C=O) groups excluding carboxylic acids is 6. The Bertz CT molecular complexity index is 2230. The standard InChI is InChI=1S/C42H80N20O8.C13H27NO4/c1-26(8-2-13-55-39(46)47)59-37(66)28(10-4-15-57-41(50)51)25-31(64)32-34(44)62-33(35(45)61-32)38(67)60-29(11-5-16-58-42(52)53)30(63)24-27(9-3-14-56-40(48)49)36(65)54-17-7-19-69-21-23-70-22-20-68-18-6-12-43;1-13(15)5-2-3-7-16-9-11-18-12-10-17-8-4-6-14/h26-29H,2-25,43H2,1H3,(H2,44,62)(H2,45,61)(H,54,65)(H,59,66)(H,60,67)(H4,46,47,55)(H4,48,49,56)(H4,50,51,57)(H4,52,53,58);2-12,14H2,1H3/t26?,27?,28-,29+;/m1./s1. The van der Waals surface area contributed by atoms with Gasteiger partial charge in [-0.1, -0.05) is 0 Å². The zero-order valence-electron chi connectivity index (χ0n) is 52.1. The van der Waals surface area contributed by atoms with Crippen LogP contribution in [0.4, 0.5) is 11.6 Å². The molecule has 0 aliphatic rings. The monoisotopic (exact) mass is 1250 g/mol. The van der Waals surface area contributed by atoms with E-state index in [1.54, 1.807) is 13.8 Å². The van der Waals surface area contributed by atoms with Crippen molar-refractivity contribution in [2.24, 2.45) is 89.1 Å². The lowest BCUT2D eigenvalue weighted by atomic mass is 9.91. The first-order valence-corrected chi connectivity index (χ1v) is 30.1. The van der Waals surface area contributed by atoms with Crippen LogP contribution in [-0.2, 0) is 47.6 Å². The summed E-state index contributed by atoms with van der Waals surface area (Å²) in [5.41, 5.74) is 66.0. The van der Waals surface area contributed by atoms with Crippen LogP contribution in [0.5, 0.6) is 0 Å². The number of hydrogen-bond donors (Lipinski definition) is 15. The summed E-state index contributed by atoms with van der Waals surface area (Å²) in [5.74, 6) is -5.71. The van der Waals surface area contributed by atoms with E-state index in [0.717, 1.165) is 25.7 Å². The predicted molar refractivity (Wildman–Crippen MR) is 339 cm³/mol. The van der Waals surface area contributed by atoms with E-state index in [-0.39, 0.29) is 106 Å². The van der Waals surface area contributed by atoms with Crippen molar-refractivity contribution >= 4 is 70.5 Å². The highest BCUT2D eigenvalue weighted by molar-refractivity contribution is 6.04. The summed E-state index contributed by atoms with van der Waals surface area (Å²) in [6, 6.07) is -1.47. The molecule has 3 amide bonds. The molecule has 0 spiro atoms. The van der Waals surface area contributed by atoms with Gasteiger partial charge < -0.3 is 118 Å². The Morgan fingerprint density at radius 3 is 1.32 bits per heavy atom. The topological polar surface area (TPSA) is 581 Å². The molecule has 0 aliphatic heterocycles. The van der Waals surface area contributed by atoms with Gasteiger partial charge in [-0.2, -0.15) is 0 Å². The van der Waals surface area contributed by atoms with Crippen molar-refractivity contribution in [2.45, 2.75) is 129 Å². The molecule has 4 atom stereocenters. The molecule has 1 heterocycles. The molecule has 0 aliphatic carbocycles. The number of nitrogens with zero attached hydrogens (tertiary/aromatic N) is 6. The normalized spacial score (nSPS) is 12.2. The number of amides is 3. The number of nitrogen functional groups attached to an aromatic ring is 2. The number of ketones is 3. The first-order chi connectivity index (χ1) is 42.1. The van der Waals surface area contributed by atoms with Crippen molar-refractivity contribution in [3.8, 4) is 0 Å². The van der Waals surface area contributed by atoms with E-state index in [0.29, 0.717) is 137 Å². The lowest BCUT2D eigenvalue weighted by Gasteiger charge is -2.22. The third kappa shape index (κ3) is 45.2. The number of guanidine groups is 4. The molecule has 0 aromatic carbocycles. The summed E-state index contributed by atoms with van der Waals surface area (Å²) >= 11 is 0. The molecule has 88 heavy (non-hydrogen) atoms. The third-order valence-corrected chi connectivity index (χ3v) is 12.5. The van der Waals surface area contributed by atoms with E-state index in [4.69, 9.17) is 97.2 Å². The zero-order valence-corrected chi connectivity index (χ0v) is 52.1. The number of Topliss-reactive ketones (excluding diaryl/α,β-unsaturated/α-hetero) is 3. The maximum atomic E-state index is 14.0. The largest absolute Gasteiger partial charge is 0.382 e. The van der Waals surface area contributed by atoms with Gasteiger partial charge in [-0.25, -0.2) is 9.97 Å². The Balaban J connectivity index is 0.00000359. The molecule has 2 unspecified atom stereocenters. The molecule has 1 aromatic rings. The van der Waals surface area contributed by atoms with Gasteiger partial charge in [0.1, 0.15) is 5.78 Å². The molecule has 0 radical (unpaired) electrons. The second kappa shape index (κ2) is 52.9. The van der Waals surface area contributed by atoms with Crippen LogP contribution in [0, 0.1) is 11.8 Å². The van der Waals surface area contributed by atoms with Gasteiger partial charge in [-0.15, -0.1) is 0 Å². The smallest absolute Gasteiger partial charge is 0.274 e. The summed E-state index contributed by atoms with van der Waals surface area (Å²) in [6.45, 7) is 12.2. The first-order valence-electron chi connectivity index (χ1n) is 30.1. The summed E-state index contributed by atoms with van der Waals surface area (Å²) in [5, 5.41) is 8.40. The van der Waals surface area contributed by atoms with Gasteiger partial charge in [0, 0.05) is 96.3 Å². The molecular weight excluding hydrogens is 1150 g/mol. The SMILES string of the molecule is CC(=O)CCCCOCCOCCOCCCN.CC(CCCN=C(N)N)NC(=O)[C@H](CCCN=C(N)N)CC(=O)c1nc(N)c(C(=O)N[C@@H](CCCN=C(N)N)C(=O)CC(CCCN=C(N)N)C(=O)NCCCOCCOCCOCCCN)nc1N. The Morgan fingerprint density at radius 1 is 0.466 bits per heavy atom. The summed E-state index contributed by atoms with van der Waals surface area (Å²) in [4.78, 5) is 103. The van der Waals surface area contributed by atoms with Gasteiger partial charge >= 0.3 is 0 Å². The summed E-state index contributed by atoms with van der Waals surface area (Å²) < 4.78 is 32.4. The van der Waals surface area contributed by atoms with Crippen LogP contribution in [0.3, 0.4) is 0 Å². The van der Waals surface area contributed by atoms with Crippen molar-refractivity contribution in [3.05, 3.63) is 11.4 Å². The lowest BCUT2D eigenvalue weighted by molar-refractivity contribution is -0.130. The third-order valence-electron chi connectivity index (χ3n) is 12.5. The van der Waals surface area contributed by atoms with E-state index in [1.165, 1.54) is 0 Å². The minimum atomic E-state index is -1.18. The number of aliphatic imine (C=N–C) groups is 4. The Morgan fingerprint density at radius 2 is 0.864 bits per heavy atom. The summed E-state index contributed by atoms with van der Waals surface area (Å²) in [7, 11) is 0. The molecule has 0 saturated carbocycles. The van der Waals surface area contributed by atoms with E-state index in [1.807, 2.05) is 0 Å². The highest BCUT2D eigenvalue weighted by Crippen LogP contribution is 2.22. The highest BCUT2D eigenvalue weighted by Gasteiger charge is 2.31. The number of nitrogens with one attached hydrogen (secondary N) is 3. The van der Waals surface area contributed by atoms with Gasteiger partial charge in [0.25, 0.3) is 5.91 Å². The summed E-state index contributed by atoms with van der Waals surface area (Å²) in [6.07, 6.45) is 6.65. The molecule has 504 valence electrons. The van der Waals surface area contributed by atoms with Crippen LogP contribution >= 0.6 is 0 Å². The number of nitrogens with two attached hydrogens (primary N) is 12. The van der Waals surface area contributed by atoms with Crippen LogP contribution in [0.1, 0.15) is 138 Å². The molecule has 27 N–H and O–H groups in total. The number of ether oxygens (including phenoxy) is 6. The van der Waals surface area contributed by atoms with Crippen LogP contribution < -0.4 is 84.8 Å². The fourth-order valence-electron chi connectivity index (χ4n) is 7.93. The molecular formula is C55H107N21O12.